The topological polar surface area (TPSA) is 63.6 Å². The maximum absolute atomic E-state index is 11.3. The molecule has 4 nitrogen and oxygen atoms in total. The van der Waals surface area contributed by atoms with Crippen LogP contribution in [-0.4, -0.2) is 24.2 Å². The molecule has 0 aliphatic rings. The smallest absolute Gasteiger partial charge is 0.338 e. The summed E-state index contributed by atoms with van der Waals surface area (Å²) in [6, 6.07) is 3.01. The molecule has 1 rings (SSSR count). The van der Waals surface area contributed by atoms with Gasteiger partial charge in [0, 0.05) is 0 Å². The highest BCUT2D eigenvalue weighted by atomic mass is 16.5. The van der Waals surface area contributed by atoms with Crippen molar-refractivity contribution in [2.45, 2.75) is 13.8 Å². The number of benzene rings is 1. The summed E-state index contributed by atoms with van der Waals surface area (Å²) in [5, 5.41) is 8.88. The van der Waals surface area contributed by atoms with Crippen LogP contribution in [0, 0.1) is 13.8 Å². The Hall–Kier alpha value is -1.84. The van der Waals surface area contributed by atoms with Gasteiger partial charge in [-0.15, -0.1) is 0 Å². The molecule has 4 heteroatoms. The minimum absolute atomic E-state index is 0.126. The second-order valence-electron chi connectivity index (χ2n) is 3.28. The molecule has 0 atom stereocenters. The normalized spacial score (nSPS) is 9.80. The van der Waals surface area contributed by atoms with Gasteiger partial charge in [0.1, 0.15) is 0 Å². The Morgan fingerprint density at radius 3 is 2.13 bits per heavy atom. The summed E-state index contributed by atoms with van der Waals surface area (Å²) in [7, 11) is 1.27. The van der Waals surface area contributed by atoms with Gasteiger partial charge in [-0.1, -0.05) is 6.07 Å². The quantitative estimate of drug-likeness (QED) is 0.752. The van der Waals surface area contributed by atoms with E-state index in [2.05, 4.69) is 4.74 Å². The van der Waals surface area contributed by atoms with E-state index in [-0.39, 0.29) is 5.56 Å². The summed E-state index contributed by atoms with van der Waals surface area (Å²) in [5.41, 5.74) is 1.76. The van der Waals surface area contributed by atoms with Crippen LogP contribution in [-0.2, 0) is 4.74 Å². The zero-order chi connectivity index (χ0) is 11.6. The van der Waals surface area contributed by atoms with Crippen LogP contribution in [0.15, 0.2) is 12.1 Å². The number of carboxylic acid groups (broad SMARTS) is 1. The van der Waals surface area contributed by atoms with E-state index in [0.717, 1.165) is 0 Å². The number of esters is 1. The highest BCUT2D eigenvalue weighted by Gasteiger charge is 2.15. The molecule has 0 aliphatic heterocycles. The number of carboxylic acids is 1. The van der Waals surface area contributed by atoms with Crippen molar-refractivity contribution in [2.75, 3.05) is 7.11 Å². The van der Waals surface area contributed by atoms with Crippen molar-refractivity contribution in [3.05, 3.63) is 34.4 Å². The molecular weight excluding hydrogens is 196 g/mol. The molecule has 0 saturated heterocycles. The molecule has 1 aromatic carbocycles. The number of carbonyl (C=O) groups is 2. The van der Waals surface area contributed by atoms with Crippen LogP contribution in [0.2, 0.25) is 0 Å². The average molecular weight is 208 g/mol. The Morgan fingerprint density at radius 1 is 1.13 bits per heavy atom. The van der Waals surface area contributed by atoms with Gasteiger partial charge < -0.3 is 9.84 Å². The fraction of sp³-hybridized carbons (Fsp3) is 0.273. The van der Waals surface area contributed by atoms with Crippen molar-refractivity contribution in [2.24, 2.45) is 0 Å². The van der Waals surface area contributed by atoms with Gasteiger partial charge in [-0.25, -0.2) is 9.59 Å². The van der Waals surface area contributed by atoms with Gasteiger partial charge in [0.2, 0.25) is 0 Å². The second kappa shape index (κ2) is 4.13. The van der Waals surface area contributed by atoms with Crippen LogP contribution < -0.4 is 0 Å². The first kappa shape index (κ1) is 11.2. The predicted octanol–water partition coefficient (Wildman–Crippen LogP) is 1.79. The second-order valence-corrected chi connectivity index (χ2v) is 3.28. The van der Waals surface area contributed by atoms with Crippen LogP contribution in [0.5, 0.6) is 0 Å². The molecule has 0 fully saturated rings. The molecular formula is C11H12O4. The first-order chi connectivity index (χ1) is 6.97. The number of methoxy groups -OCH3 is 1. The lowest BCUT2D eigenvalue weighted by Crippen LogP contribution is -2.08. The monoisotopic (exact) mass is 208 g/mol. The van der Waals surface area contributed by atoms with Crippen LogP contribution in [0.3, 0.4) is 0 Å². The summed E-state index contributed by atoms with van der Waals surface area (Å²) in [6.07, 6.45) is 0. The Morgan fingerprint density at radius 2 is 1.67 bits per heavy atom. The molecule has 0 saturated carbocycles. The minimum Gasteiger partial charge on any atom is -0.478 e. The summed E-state index contributed by atoms with van der Waals surface area (Å²) in [6.45, 7) is 3.43. The third-order valence-electron chi connectivity index (χ3n) is 2.21. The zero-order valence-electron chi connectivity index (χ0n) is 8.83. The van der Waals surface area contributed by atoms with E-state index >= 15 is 0 Å². The largest absolute Gasteiger partial charge is 0.478 e. The van der Waals surface area contributed by atoms with E-state index in [9.17, 15) is 9.59 Å². The number of aryl methyl sites for hydroxylation is 2. The maximum Gasteiger partial charge on any atom is 0.338 e. The van der Waals surface area contributed by atoms with Gasteiger partial charge in [0.05, 0.1) is 18.2 Å². The standard InChI is InChI=1S/C11H12O4/c1-6-4-7(2)9(11(14)15-3)5-8(6)10(12)13/h4-5H,1-3H3,(H,12,13). The van der Waals surface area contributed by atoms with Gasteiger partial charge in [0.15, 0.2) is 0 Å². The molecule has 0 unspecified atom stereocenters. The molecule has 15 heavy (non-hydrogen) atoms. The van der Waals surface area contributed by atoms with Crippen LogP contribution >= 0.6 is 0 Å². The van der Waals surface area contributed by atoms with Crippen LogP contribution in [0.25, 0.3) is 0 Å². The van der Waals surface area contributed by atoms with Crippen LogP contribution in [0.4, 0.5) is 0 Å². The Balaban J connectivity index is 3.36. The molecule has 0 bridgehead atoms. The third-order valence-corrected chi connectivity index (χ3v) is 2.21. The third kappa shape index (κ3) is 2.15. The highest BCUT2D eigenvalue weighted by molar-refractivity contribution is 5.96. The molecule has 0 aliphatic carbocycles. The number of aromatic carboxylic acids is 1. The van der Waals surface area contributed by atoms with Gasteiger partial charge in [-0.2, -0.15) is 0 Å². The van der Waals surface area contributed by atoms with Gasteiger partial charge >= 0.3 is 11.9 Å². The summed E-state index contributed by atoms with van der Waals surface area (Å²) in [4.78, 5) is 22.1. The minimum atomic E-state index is -1.04. The summed E-state index contributed by atoms with van der Waals surface area (Å²) >= 11 is 0. The molecule has 1 aromatic rings. The summed E-state index contributed by atoms with van der Waals surface area (Å²) in [5.74, 6) is -1.56. The lowest BCUT2D eigenvalue weighted by atomic mass is 10.00. The fourth-order valence-corrected chi connectivity index (χ4v) is 1.41. The number of hydrogen-bond donors (Lipinski definition) is 1. The Bertz CT molecular complexity index is 421. The van der Waals surface area contributed by atoms with Gasteiger partial charge in [-0.05, 0) is 31.0 Å². The van der Waals surface area contributed by atoms with Crippen molar-refractivity contribution in [3.63, 3.8) is 0 Å². The first-order valence-corrected chi connectivity index (χ1v) is 4.40. The van der Waals surface area contributed by atoms with E-state index in [4.69, 9.17) is 5.11 Å². The number of hydrogen-bond acceptors (Lipinski definition) is 3. The molecule has 80 valence electrons. The highest BCUT2D eigenvalue weighted by Crippen LogP contribution is 2.16. The molecule has 0 heterocycles. The van der Waals surface area contributed by atoms with E-state index in [0.29, 0.717) is 16.7 Å². The van der Waals surface area contributed by atoms with Gasteiger partial charge in [0.25, 0.3) is 0 Å². The predicted molar refractivity (Wildman–Crippen MR) is 54.2 cm³/mol. The molecule has 1 N–H and O–H groups in total. The van der Waals surface area contributed by atoms with Crippen molar-refractivity contribution < 1.29 is 19.4 Å². The fourth-order valence-electron chi connectivity index (χ4n) is 1.41. The molecule has 0 aromatic heterocycles. The molecule has 0 radical (unpaired) electrons. The maximum atomic E-state index is 11.3. The lowest BCUT2D eigenvalue weighted by molar-refractivity contribution is 0.0600. The van der Waals surface area contributed by atoms with Crippen molar-refractivity contribution in [1.29, 1.82) is 0 Å². The zero-order valence-corrected chi connectivity index (χ0v) is 8.83. The van der Waals surface area contributed by atoms with E-state index in [1.165, 1.54) is 13.2 Å². The average Bonchev–Trinajstić information content (AvgIpc) is 2.16. The number of ether oxygens (including phenoxy) is 1. The SMILES string of the molecule is COC(=O)c1cc(C(=O)O)c(C)cc1C. The van der Waals surface area contributed by atoms with Crippen LogP contribution in [0.1, 0.15) is 31.8 Å². The summed E-state index contributed by atoms with van der Waals surface area (Å²) < 4.78 is 4.56. The van der Waals surface area contributed by atoms with E-state index < -0.39 is 11.9 Å². The Kier molecular flexibility index (Phi) is 3.09. The lowest BCUT2D eigenvalue weighted by Gasteiger charge is -2.07. The van der Waals surface area contributed by atoms with Crippen molar-refractivity contribution >= 4 is 11.9 Å². The van der Waals surface area contributed by atoms with E-state index in [1.807, 2.05) is 0 Å². The molecule has 0 amide bonds. The van der Waals surface area contributed by atoms with Crippen molar-refractivity contribution in [1.82, 2.24) is 0 Å². The Labute approximate surface area is 87.5 Å². The van der Waals surface area contributed by atoms with Crippen molar-refractivity contribution in [3.8, 4) is 0 Å². The number of carbonyl (C=O) groups excluding carboxylic acids is 1. The number of rotatable bonds is 2. The van der Waals surface area contributed by atoms with Gasteiger partial charge in [-0.3, -0.25) is 0 Å². The first-order valence-electron chi connectivity index (χ1n) is 4.40. The van der Waals surface area contributed by atoms with E-state index in [1.54, 1.807) is 19.9 Å². The molecule has 0 spiro atoms.